The van der Waals surface area contributed by atoms with Gasteiger partial charge in [0.05, 0.1) is 6.04 Å². The normalized spacial score (nSPS) is 16.7. The van der Waals surface area contributed by atoms with E-state index in [-0.39, 0.29) is 17.7 Å². The number of benzene rings is 2. The molecule has 1 N–H and O–H groups in total. The molecule has 0 spiro atoms. The minimum absolute atomic E-state index is 0.0169. The minimum atomic E-state index is -2.90. The number of nitrogens with one attached hydrogen (secondary N) is 1. The Kier molecular flexibility index (Phi) is 4.55. The summed E-state index contributed by atoms with van der Waals surface area (Å²) < 4.78 is 28.9. The predicted octanol–water partition coefficient (Wildman–Crippen LogP) is 4.10. The van der Waals surface area contributed by atoms with Crippen LogP contribution in [-0.4, -0.2) is 12.5 Å². The molecule has 1 amide bonds. The van der Waals surface area contributed by atoms with E-state index in [1.54, 1.807) is 6.07 Å². The zero-order valence-electron chi connectivity index (χ0n) is 12.5. The van der Waals surface area contributed by atoms with Gasteiger partial charge in [-0.3, -0.25) is 4.79 Å². The summed E-state index contributed by atoms with van der Waals surface area (Å²) in [5.74, 6) is -0.303. The molecule has 0 saturated heterocycles. The molecular formula is C18H17F2NO2. The minimum Gasteiger partial charge on any atom is -0.435 e. The highest BCUT2D eigenvalue weighted by Gasteiger charge is 2.22. The first-order valence-corrected chi connectivity index (χ1v) is 7.57. The maximum absolute atomic E-state index is 12.4. The Hall–Kier alpha value is -2.43. The number of alkyl halides is 2. The summed E-state index contributed by atoms with van der Waals surface area (Å²) in [6, 6.07) is 13.8. The molecule has 0 bridgehead atoms. The van der Waals surface area contributed by atoms with Crippen LogP contribution in [0.1, 0.15) is 40.4 Å². The van der Waals surface area contributed by atoms with Crippen LogP contribution in [0.5, 0.6) is 5.75 Å². The Balaban J connectivity index is 1.75. The van der Waals surface area contributed by atoms with Gasteiger partial charge in [0.25, 0.3) is 5.91 Å². The van der Waals surface area contributed by atoms with Gasteiger partial charge in [-0.2, -0.15) is 8.78 Å². The van der Waals surface area contributed by atoms with E-state index >= 15 is 0 Å². The van der Waals surface area contributed by atoms with Gasteiger partial charge in [0.2, 0.25) is 0 Å². The van der Waals surface area contributed by atoms with Gasteiger partial charge in [0, 0.05) is 5.56 Å². The van der Waals surface area contributed by atoms with Gasteiger partial charge in [0.1, 0.15) is 5.75 Å². The van der Waals surface area contributed by atoms with E-state index in [1.807, 2.05) is 18.2 Å². The average Bonchev–Trinajstić information content (AvgIpc) is 2.55. The fourth-order valence-electron chi connectivity index (χ4n) is 2.96. The Labute approximate surface area is 133 Å². The molecule has 1 atom stereocenters. The molecule has 2 aromatic carbocycles. The second kappa shape index (κ2) is 6.77. The molecule has 120 valence electrons. The van der Waals surface area contributed by atoms with Crippen LogP contribution in [0.2, 0.25) is 0 Å². The summed E-state index contributed by atoms with van der Waals surface area (Å²) in [6.07, 6.45) is 2.90. The van der Waals surface area contributed by atoms with Gasteiger partial charge in [-0.25, -0.2) is 0 Å². The van der Waals surface area contributed by atoms with Crippen molar-refractivity contribution >= 4 is 5.91 Å². The lowest BCUT2D eigenvalue weighted by Gasteiger charge is -2.26. The molecule has 0 aliphatic heterocycles. The number of amides is 1. The van der Waals surface area contributed by atoms with E-state index in [0.717, 1.165) is 24.8 Å². The van der Waals surface area contributed by atoms with Gasteiger partial charge in [0.15, 0.2) is 0 Å². The number of hydrogen-bond acceptors (Lipinski definition) is 2. The van der Waals surface area contributed by atoms with Crippen molar-refractivity contribution < 1.29 is 18.3 Å². The molecule has 0 saturated carbocycles. The fraction of sp³-hybridized carbons (Fsp3) is 0.278. The Bertz CT molecular complexity index is 703. The summed E-state index contributed by atoms with van der Waals surface area (Å²) >= 11 is 0. The molecule has 3 rings (SSSR count). The van der Waals surface area contributed by atoms with E-state index in [4.69, 9.17) is 0 Å². The van der Waals surface area contributed by atoms with Gasteiger partial charge in [-0.05, 0) is 48.6 Å². The van der Waals surface area contributed by atoms with Crippen molar-refractivity contribution in [3.63, 3.8) is 0 Å². The van der Waals surface area contributed by atoms with E-state index in [0.29, 0.717) is 5.56 Å². The summed E-state index contributed by atoms with van der Waals surface area (Å²) in [7, 11) is 0. The highest BCUT2D eigenvalue weighted by atomic mass is 19.3. The Morgan fingerprint density at radius 1 is 1.17 bits per heavy atom. The van der Waals surface area contributed by atoms with Crippen molar-refractivity contribution in [3.05, 3.63) is 65.2 Å². The SMILES string of the molecule is O=C(NC1CCCc2ccccc21)c1cccc(OC(F)F)c1. The summed E-state index contributed by atoms with van der Waals surface area (Å²) in [5.41, 5.74) is 2.69. The van der Waals surface area contributed by atoms with Crippen molar-refractivity contribution in [2.45, 2.75) is 31.9 Å². The van der Waals surface area contributed by atoms with Crippen LogP contribution in [-0.2, 0) is 6.42 Å². The van der Waals surface area contributed by atoms with Crippen molar-refractivity contribution in [2.75, 3.05) is 0 Å². The number of rotatable bonds is 4. The topological polar surface area (TPSA) is 38.3 Å². The lowest BCUT2D eigenvalue weighted by molar-refractivity contribution is -0.0498. The van der Waals surface area contributed by atoms with E-state index in [9.17, 15) is 13.6 Å². The zero-order chi connectivity index (χ0) is 16.2. The molecule has 23 heavy (non-hydrogen) atoms. The predicted molar refractivity (Wildman–Crippen MR) is 82.7 cm³/mol. The average molecular weight is 317 g/mol. The fourth-order valence-corrected chi connectivity index (χ4v) is 2.96. The van der Waals surface area contributed by atoms with Crippen LogP contribution in [0.4, 0.5) is 8.78 Å². The maximum Gasteiger partial charge on any atom is 0.387 e. The second-order valence-corrected chi connectivity index (χ2v) is 5.52. The van der Waals surface area contributed by atoms with Gasteiger partial charge in [-0.15, -0.1) is 0 Å². The van der Waals surface area contributed by atoms with Crippen molar-refractivity contribution in [3.8, 4) is 5.75 Å². The number of fused-ring (bicyclic) bond motifs is 1. The third-order valence-electron chi connectivity index (χ3n) is 4.00. The lowest BCUT2D eigenvalue weighted by Crippen LogP contribution is -2.31. The highest BCUT2D eigenvalue weighted by molar-refractivity contribution is 5.94. The molecule has 1 aliphatic carbocycles. The van der Waals surface area contributed by atoms with Crippen molar-refractivity contribution in [1.82, 2.24) is 5.32 Å². The standard InChI is InChI=1S/C18H17F2NO2/c19-18(20)23-14-8-3-7-13(11-14)17(22)21-16-10-4-6-12-5-1-2-9-15(12)16/h1-3,5,7-9,11,16,18H,4,6,10H2,(H,21,22). The number of aryl methyl sites for hydroxylation is 1. The maximum atomic E-state index is 12.4. The first-order valence-electron chi connectivity index (χ1n) is 7.57. The highest BCUT2D eigenvalue weighted by Crippen LogP contribution is 2.29. The lowest BCUT2D eigenvalue weighted by atomic mass is 9.87. The molecule has 5 heteroatoms. The Morgan fingerprint density at radius 3 is 2.83 bits per heavy atom. The Morgan fingerprint density at radius 2 is 2.00 bits per heavy atom. The molecule has 0 heterocycles. The smallest absolute Gasteiger partial charge is 0.387 e. The van der Waals surface area contributed by atoms with Crippen LogP contribution in [0.25, 0.3) is 0 Å². The first kappa shape index (κ1) is 15.5. The number of carbonyl (C=O) groups is 1. The van der Waals surface area contributed by atoms with Crippen molar-refractivity contribution in [1.29, 1.82) is 0 Å². The van der Waals surface area contributed by atoms with Gasteiger partial charge in [-0.1, -0.05) is 30.3 Å². The zero-order valence-corrected chi connectivity index (χ0v) is 12.5. The molecule has 1 unspecified atom stereocenters. The molecule has 2 aromatic rings. The summed E-state index contributed by atoms with van der Waals surface area (Å²) in [6.45, 7) is -2.90. The van der Waals surface area contributed by atoms with Crippen LogP contribution in [0, 0.1) is 0 Å². The quantitative estimate of drug-likeness (QED) is 0.922. The van der Waals surface area contributed by atoms with Crippen LogP contribution in [0.3, 0.4) is 0 Å². The molecule has 1 aliphatic rings. The second-order valence-electron chi connectivity index (χ2n) is 5.52. The van der Waals surface area contributed by atoms with Gasteiger partial charge < -0.3 is 10.1 Å². The monoisotopic (exact) mass is 317 g/mol. The third kappa shape index (κ3) is 3.67. The van der Waals surface area contributed by atoms with Crippen LogP contribution in [0.15, 0.2) is 48.5 Å². The number of ether oxygens (including phenoxy) is 1. The third-order valence-corrected chi connectivity index (χ3v) is 4.00. The van der Waals surface area contributed by atoms with Gasteiger partial charge >= 0.3 is 6.61 Å². The van der Waals surface area contributed by atoms with Crippen LogP contribution >= 0.6 is 0 Å². The summed E-state index contributed by atoms with van der Waals surface area (Å²) in [5, 5.41) is 2.99. The molecule has 0 aromatic heterocycles. The van der Waals surface area contributed by atoms with E-state index in [2.05, 4.69) is 16.1 Å². The largest absolute Gasteiger partial charge is 0.435 e. The molecule has 0 radical (unpaired) electrons. The number of carbonyl (C=O) groups excluding carboxylic acids is 1. The summed E-state index contributed by atoms with van der Waals surface area (Å²) in [4.78, 5) is 12.4. The van der Waals surface area contributed by atoms with E-state index < -0.39 is 6.61 Å². The van der Waals surface area contributed by atoms with Crippen molar-refractivity contribution in [2.24, 2.45) is 0 Å². The molecule has 0 fully saturated rings. The van der Waals surface area contributed by atoms with Crippen LogP contribution < -0.4 is 10.1 Å². The van der Waals surface area contributed by atoms with E-state index in [1.165, 1.54) is 23.8 Å². The molecule has 3 nitrogen and oxygen atoms in total. The number of halogens is 2. The first-order chi connectivity index (χ1) is 11.1. The molecular weight excluding hydrogens is 300 g/mol. The number of hydrogen-bond donors (Lipinski definition) is 1.